The lowest BCUT2D eigenvalue weighted by atomic mass is 9.60. The Labute approximate surface area is 282 Å². The summed E-state index contributed by atoms with van der Waals surface area (Å²) < 4.78 is 20.9. The van der Waals surface area contributed by atoms with E-state index >= 15 is 0 Å². The number of hydrogen-bond donors (Lipinski definition) is 0. The van der Waals surface area contributed by atoms with E-state index in [0.717, 1.165) is 37.2 Å². The van der Waals surface area contributed by atoms with Gasteiger partial charge in [0.25, 0.3) is 0 Å². The number of epoxide rings is 1. The summed E-state index contributed by atoms with van der Waals surface area (Å²) in [6.07, 6.45) is 18.1. The molecule has 4 fully saturated rings. The van der Waals surface area contributed by atoms with E-state index in [-0.39, 0.29) is 27.9 Å². The average molecular weight is 659 g/mol. The highest BCUT2D eigenvalue weighted by atomic mass is 28.4. The molecule has 4 rings (SSSR count). The fraction of sp³-hybridized carbons (Fsp3) is 0.900. The highest BCUT2D eigenvalue weighted by Crippen LogP contribution is 2.60. The number of allylic oxidation sites excluding steroid dienone is 3. The summed E-state index contributed by atoms with van der Waals surface area (Å²) in [6, 6.07) is 0. The fourth-order valence-electron chi connectivity index (χ4n) is 8.65. The van der Waals surface area contributed by atoms with Crippen molar-refractivity contribution in [2.24, 2.45) is 28.6 Å². The molecule has 4 unspecified atom stereocenters. The van der Waals surface area contributed by atoms with Crippen LogP contribution in [0.4, 0.5) is 0 Å². The molecule has 0 aromatic heterocycles. The van der Waals surface area contributed by atoms with Gasteiger partial charge in [0.15, 0.2) is 16.6 Å². The van der Waals surface area contributed by atoms with Gasteiger partial charge in [0.05, 0.1) is 18.8 Å². The number of ether oxygens (including phenoxy) is 1. The molecule has 260 valence electrons. The van der Waals surface area contributed by atoms with Crippen LogP contribution in [0.5, 0.6) is 0 Å². The van der Waals surface area contributed by atoms with Crippen molar-refractivity contribution in [1.82, 2.24) is 0 Å². The summed E-state index contributed by atoms with van der Waals surface area (Å²) in [5.74, 6) is 2.44. The third-order valence-corrected chi connectivity index (χ3v) is 22.8. The third-order valence-electron chi connectivity index (χ3n) is 13.8. The Morgan fingerprint density at radius 2 is 1.40 bits per heavy atom. The van der Waals surface area contributed by atoms with Crippen molar-refractivity contribution in [2.45, 2.75) is 194 Å². The van der Waals surface area contributed by atoms with Gasteiger partial charge in [-0.25, -0.2) is 0 Å². The third kappa shape index (κ3) is 8.16. The molecule has 0 N–H and O–H groups in total. The summed E-state index contributed by atoms with van der Waals surface area (Å²) >= 11 is 0. The lowest BCUT2D eigenvalue weighted by Gasteiger charge is -2.48. The zero-order valence-electron chi connectivity index (χ0n) is 32.5. The van der Waals surface area contributed by atoms with Gasteiger partial charge in [-0.3, -0.25) is 0 Å². The standard InChI is InChI=1S/C40H74O3Si2/c1-29(18-16-24-36(2,3)4)32-22-23-33-31(19-17-25-39(32,33)11)21-20-30-26-34(42-44(12,13)37(5,6)7)40(28-41-40)35(27-30)43-45(14,15)38(8,9)10/h20-21,29,32-35H,16-19,22-28H2,1-15H3/b30-20?,31-21+/t29-,32?,33?,34-,35+,39?,40?/m1/s1. The molecule has 45 heavy (non-hydrogen) atoms. The molecule has 1 spiro atoms. The molecule has 0 bridgehead atoms. The van der Waals surface area contributed by atoms with Crippen LogP contribution < -0.4 is 0 Å². The molecule has 5 heteroatoms. The van der Waals surface area contributed by atoms with Crippen molar-refractivity contribution in [1.29, 1.82) is 0 Å². The van der Waals surface area contributed by atoms with Crippen molar-refractivity contribution in [3.8, 4) is 0 Å². The molecule has 4 aliphatic rings. The molecular formula is C40H74O3Si2. The summed E-state index contributed by atoms with van der Waals surface area (Å²) in [6.45, 7) is 36.9. The highest BCUT2D eigenvalue weighted by Gasteiger charge is 2.63. The van der Waals surface area contributed by atoms with Crippen LogP contribution in [-0.4, -0.2) is 41.1 Å². The van der Waals surface area contributed by atoms with E-state index in [1.165, 1.54) is 56.9 Å². The summed E-state index contributed by atoms with van der Waals surface area (Å²) in [4.78, 5) is 0. The number of fused-ring (bicyclic) bond motifs is 1. The van der Waals surface area contributed by atoms with E-state index in [1.54, 1.807) is 5.57 Å². The second-order valence-corrected chi connectivity index (χ2v) is 30.0. The predicted molar refractivity (Wildman–Crippen MR) is 199 cm³/mol. The topological polar surface area (TPSA) is 31.0 Å². The largest absolute Gasteiger partial charge is 0.410 e. The van der Waals surface area contributed by atoms with E-state index in [1.807, 2.05) is 0 Å². The Morgan fingerprint density at radius 3 is 1.87 bits per heavy atom. The lowest BCUT2D eigenvalue weighted by molar-refractivity contribution is -0.0172. The van der Waals surface area contributed by atoms with Gasteiger partial charge in [-0.05, 0) is 116 Å². The van der Waals surface area contributed by atoms with Crippen molar-refractivity contribution < 1.29 is 13.6 Å². The summed E-state index contributed by atoms with van der Waals surface area (Å²) in [5.41, 5.74) is 3.87. The van der Waals surface area contributed by atoms with Crippen molar-refractivity contribution in [3.63, 3.8) is 0 Å². The van der Waals surface area contributed by atoms with Crippen LogP contribution in [0.2, 0.25) is 36.3 Å². The van der Waals surface area contributed by atoms with Crippen LogP contribution in [0.3, 0.4) is 0 Å². The first-order chi connectivity index (χ1) is 20.4. The monoisotopic (exact) mass is 659 g/mol. The average Bonchev–Trinajstić information content (AvgIpc) is 3.58. The Balaban J connectivity index is 1.58. The molecule has 0 radical (unpaired) electrons. The molecule has 1 heterocycles. The van der Waals surface area contributed by atoms with Gasteiger partial charge in [-0.2, -0.15) is 0 Å². The summed E-state index contributed by atoms with van der Waals surface area (Å²) in [7, 11) is -3.97. The summed E-state index contributed by atoms with van der Waals surface area (Å²) in [5, 5.41) is 0.329. The van der Waals surface area contributed by atoms with Gasteiger partial charge < -0.3 is 13.6 Å². The predicted octanol–water partition coefficient (Wildman–Crippen LogP) is 12.3. The minimum Gasteiger partial charge on any atom is -0.410 e. The molecule has 3 saturated carbocycles. The maximum atomic E-state index is 7.24. The van der Waals surface area contributed by atoms with Gasteiger partial charge in [-0.1, -0.05) is 112 Å². The van der Waals surface area contributed by atoms with Gasteiger partial charge in [0.2, 0.25) is 0 Å². The zero-order chi connectivity index (χ0) is 33.9. The first kappa shape index (κ1) is 37.6. The Hall–Kier alpha value is -0.206. The first-order valence-electron chi connectivity index (χ1n) is 18.8. The molecule has 1 saturated heterocycles. The van der Waals surface area contributed by atoms with Crippen LogP contribution in [-0.2, 0) is 13.6 Å². The van der Waals surface area contributed by atoms with E-state index < -0.39 is 16.6 Å². The van der Waals surface area contributed by atoms with Crippen LogP contribution in [0.1, 0.15) is 140 Å². The normalized spacial score (nSPS) is 35.7. The maximum absolute atomic E-state index is 7.24. The van der Waals surface area contributed by atoms with Crippen LogP contribution in [0.25, 0.3) is 0 Å². The van der Waals surface area contributed by atoms with E-state index in [9.17, 15) is 0 Å². The molecule has 0 aromatic rings. The van der Waals surface area contributed by atoms with Crippen molar-refractivity contribution in [2.75, 3.05) is 6.61 Å². The first-order valence-corrected chi connectivity index (χ1v) is 24.6. The Morgan fingerprint density at radius 1 is 0.867 bits per heavy atom. The van der Waals surface area contributed by atoms with Gasteiger partial charge in [-0.15, -0.1) is 0 Å². The fourth-order valence-corrected chi connectivity index (χ4v) is 11.3. The molecule has 0 aromatic carbocycles. The Bertz CT molecular complexity index is 1050. The molecule has 0 amide bonds. The number of hydrogen-bond acceptors (Lipinski definition) is 3. The van der Waals surface area contributed by atoms with Crippen LogP contribution in [0.15, 0.2) is 23.3 Å². The molecule has 7 atom stereocenters. The van der Waals surface area contributed by atoms with E-state index in [2.05, 4.69) is 115 Å². The maximum Gasteiger partial charge on any atom is 0.192 e. The second kappa shape index (κ2) is 12.9. The minimum atomic E-state index is -1.98. The molecule has 1 aliphatic heterocycles. The second-order valence-electron chi connectivity index (χ2n) is 20.5. The van der Waals surface area contributed by atoms with Crippen molar-refractivity contribution >= 4 is 16.6 Å². The van der Waals surface area contributed by atoms with Crippen LogP contribution >= 0.6 is 0 Å². The van der Waals surface area contributed by atoms with Gasteiger partial charge >= 0.3 is 0 Å². The molecule has 3 aliphatic carbocycles. The van der Waals surface area contributed by atoms with Gasteiger partial charge in [0, 0.05) is 0 Å². The SMILES string of the molecule is C[C@H](CCCC(C)(C)C)C1CCC2/C(=C/C=C3C[C@H](O[Si](C)(C)C(C)(C)C)C4(CO4)[C@H](O[Si](C)(C)C(C)(C)C)C3)CCCC21C. The zero-order valence-corrected chi connectivity index (χ0v) is 34.5. The molecule has 3 nitrogen and oxygen atoms in total. The van der Waals surface area contributed by atoms with Gasteiger partial charge in [0.1, 0.15) is 5.60 Å². The van der Waals surface area contributed by atoms with E-state index in [4.69, 9.17) is 13.6 Å². The minimum absolute atomic E-state index is 0.0768. The van der Waals surface area contributed by atoms with Crippen LogP contribution in [0, 0.1) is 28.6 Å². The molecular weight excluding hydrogens is 585 g/mol. The van der Waals surface area contributed by atoms with E-state index in [0.29, 0.717) is 10.8 Å². The Kier molecular flexibility index (Phi) is 10.8. The quantitative estimate of drug-likeness (QED) is 0.182. The van der Waals surface area contributed by atoms with Crippen molar-refractivity contribution in [3.05, 3.63) is 23.3 Å². The number of rotatable bonds is 9. The lowest BCUT2D eigenvalue weighted by Crippen LogP contribution is -2.57. The highest BCUT2D eigenvalue weighted by molar-refractivity contribution is 6.74. The smallest absolute Gasteiger partial charge is 0.192 e.